The molecule has 1 rings (SSSR count). The number of hydrogen-bond donors (Lipinski definition) is 1. The molecule has 1 amide bonds. The average molecular weight is 253 g/mol. The van der Waals surface area contributed by atoms with E-state index in [-0.39, 0.29) is 11.8 Å². The van der Waals surface area contributed by atoms with E-state index in [1.807, 2.05) is 0 Å². The molecule has 2 nitrogen and oxygen atoms in total. The molecule has 0 heterocycles. The van der Waals surface area contributed by atoms with E-state index in [4.69, 9.17) is 0 Å². The molecule has 0 aromatic carbocycles. The van der Waals surface area contributed by atoms with E-state index < -0.39 is 0 Å². The lowest BCUT2D eigenvalue weighted by atomic mass is 9.64. The molecule has 0 aromatic rings. The summed E-state index contributed by atoms with van der Waals surface area (Å²) in [6, 6.07) is 0.301. The van der Waals surface area contributed by atoms with Gasteiger partial charge in [-0.15, -0.1) is 0 Å². The summed E-state index contributed by atoms with van der Waals surface area (Å²) in [4.78, 5) is 12.5. The highest BCUT2D eigenvalue weighted by atomic mass is 16.1. The number of rotatable bonds is 4. The monoisotopic (exact) mass is 253 g/mol. The molecule has 1 fully saturated rings. The van der Waals surface area contributed by atoms with Crippen molar-refractivity contribution in [2.75, 3.05) is 0 Å². The van der Waals surface area contributed by atoms with Crippen LogP contribution in [0.15, 0.2) is 0 Å². The van der Waals surface area contributed by atoms with E-state index in [0.29, 0.717) is 23.3 Å². The highest BCUT2D eigenvalue weighted by molar-refractivity contribution is 5.79. The Morgan fingerprint density at radius 1 is 1.33 bits per heavy atom. The summed E-state index contributed by atoms with van der Waals surface area (Å²) in [7, 11) is 0. The van der Waals surface area contributed by atoms with Crippen molar-refractivity contribution >= 4 is 5.91 Å². The van der Waals surface area contributed by atoms with Gasteiger partial charge in [-0.3, -0.25) is 4.79 Å². The summed E-state index contributed by atoms with van der Waals surface area (Å²) in [6.07, 6.45) is 4.50. The Kier molecular flexibility index (Phi) is 5.24. The Hall–Kier alpha value is -0.530. The van der Waals surface area contributed by atoms with Gasteiger partial charge >= 0.3 is 0 Å². The van der Waals surface area contributed by atoms with Gasteiger partial charge in [0, 0.05) is 12.0 Å². The Labute approximate surface area is 113 Å². The van der Waals surface area contributed by atoms with Crippen LogP contribution in [0, 0.1) is 23.2 Å². The second-order valence-corrected chi connectivity index (χ2v) is 7.24. The second-order valence-electron chi connectivity index (χ2n) is 7.24. The van der Waals surface area contributed by atoms with Gasteiger partial charge in [-0.1, -0.05) is 34.6 Å². The van der Waals surface area contributed by atoms with Crippen LogP contribution in [0.1, 0.15) is 67.2 Å². The first-order valence-corrected chi connectivity index (χ1v) is 7.57. The van der Waals surface area contributed by atoms with Crippen molar-refractivity contribution in [2.45, 2.75) is 73.3 Å². The first-order valence-electron chi connectivity index (χ1n) is 7.57. The third kappa shape index (κ3) is 4.00. The molecule has 0 spiro atoms. The van der Waals surface area contributed by atoms with E-state index in [1.54, 1.807) is 0 Å². The van der Waals surface area contributed by atoms with Crippen molar-refractivity contribution in [1.29, 1.82) is 0 Å². The van der Waals surface area contributed by atoms with E-state index in [1.165, 1.54) is 12.8 Å². The van der Waals surface area contributed by atoms with Gasteiger partial charge in [0.15, 0.2) is 0 Å². The zero-order chi connectivity index (χ0) is 13.9. The third-order valence-corrected chi connectivity index (χ3v) is 4.64. The van der Waals surface area contributed by atoms with Crippen LogP contribution in [-0.4, -0.2) is 11.9 Å². The summed E-state index contributed by atoms with van der Waals surface area (Å²) in [5.41, 5.74) is 0.322. The molecule has 1 saturated carbocycles. The largest absolute Gasteiger partial charge is 0.353 e. The fourth-order valence-corrected chi connectivity index (χ4v) is 3.14. The van der Waals surface area contributed by atoms with Gasteiger partial charge in [0.05, 0.1) is 0 Å². The van der Waals surface area contributed by atoms with E-state index in [9.17, 15) is 4.79 Å². The molecule has 1 N–H and O–H groups in total. The number of carbonyl (C=O) groups is 1. The van der Waals surface area contributed by atoms with Crippen LogP contribution in [0.4, 0.5) is 0 Å². The van der Waals surface area contributed by atoms with Gasteiger partial charge in [0.2, 0.25) is 5.91 Å². The van der Waals surface area contributed by atoms with Crippen molar-refractivity contribution < 1.29 is 4.79 Å². The molecule has 1 aliphatic carbocycles. The standard InChI is InChI=1S/C16H31NO/c1-7-12(4)17-15(18)14-10-16(5,6)9-8-13(14)11(2)3/h11-14H,7-10H2,1-6H3,(H,17,18). The zero-order valence-electron chi connectivity index (χ0n) is 13.0. The van der Waals surface area contributed by atoms with Crippen LogP contribution in [0.25, 0.3) is 0 Å². The lowest BCUT2D eigenvalue weighted by Crippen LogP contribution is -2.45. The minimum Gasteiger partial charge on any atom is -0.353 e. The SMILES string of the molecule is CCC(C)NC(=O)C1CC(C)(C)CCC1C(C)C. The third-order valence-electron chi connectivity index (χ3n) is 4.64. The Morgan fingerprint density at radius 3 is 2.44 bits per heavy atom. The summed E-state index contributed by atoms with van der Waals surface area (Å²) < 4.78 is 0. The van der Waals surface area contributed by atoms with Gasteiger partial charge < -0.3 is 5.32 Å². The smallest absolute Gasteiger partial charge is 0.223 e. The normalized spacial score (nSPS) is 29.1. The highest BCUT2D eigenvalue weighted by Crippen LogP contribution is 2.44. The zero-order valence-corrected chi connectivity index (χ0v) is 13.0. The molecule has 0 aliphatic heterocycles. The summed E-state index contributed by atoms with van der Waals surface area (Å²) in [5.74, 6) is 1.66. The van der Waals surface area contributed by atoms with Gasteiger partial charge in [0.1, 0.15) is 0 Å². The van der Waals surface area contributed by atoms with Gasteiger partial charge in [0.25, 0.3) is 0 Å². The Balaban J connectivity index is 2.75. The quantitative estimate of drug-likeness (QED) is 0.806. The van der Waals surface area contributed by atoms with Crippen LogP contribution < -0.4 is 5.32 Å². The second kappa shape index (κ2) is 6.08. The predicted molar refractivity (Wildman–Crippen MR) is 77.3 cm³/mol. The summed E-state index contributed by atoms with van der Waals surface area (Å²) >= 11 is 0. The van der Waals surface area contributed by atoms with E-state index >= 15 is 0 Å². The van der Waals surface area contributed by atoms with Crippen LogP contribution >= 0.6 is 0 Å². The number of carbonyl (C=O) groups excluding carboxylic acids is 1. The highest BCUT2D eigenvalue weighted by Gasteiger charge is 2.39. The van der Waals surface area contributed by atoms with E-state index in [0.717, 1.165) is 12.8 Å². The predicted octanol–water partition coefficient (Wildman–Crippen LogP) is 4.00. The number of amides is 1. The Morgan fingerprint density at radius 2 is 1.94 bits per heavy atom. The van der Waals surface area contributed by atoms with Crippen LogP contribution in [-0.2, 0) is 4.79 Å². The Bertz CT molecular complexity index is 283. The number of nitrogens with one attached hydrogen (secondary N) is 1. The molecule has 2 heteroatoms. The summed E-state index contributed by atoms with van der Waals surface area (Å²) in [6.45, 7) is 13.3. The van der Waals surface area contributed by atoms with Gasteiger partial charge in [-0.25, -0.2) is 0 Å². The molecule has 0 radical (unpaired) electrons. The van der Waals surface area contributed by atoms with Crippen molar-refractivity contribution in [3.63, 3.8) is 0 Å². The topological polar surface area (TPSA) is 29.1 Å². The maximum atomic E-state index is 12.5. The molecular weight excluding hydrogens is 222 g/mol. The van der Waals surface area contributed by atoms with Gasteiger partial charge in [-0.2, -0.15) is 0 Å². The van der Waals surface area contributed by atoms with Crippen LogP contribution in [0.2, 0.25) is 0 Å². The van der Waals surface area contributed by atoms with Crippen LogP contribution in [0.3, 0.4) is 0 Å². The molecule has 18 heavy (non-hydrogen) atoms. The van der Waals surface area contributed by atoms with Gasteiger partial charge in [-0.05, 0) is 49.9 Å². The lowest BCUT2D eigenvalue weighted by Gasteiger charge is -2.42. The minimum absolute atomic E-state index is 0.211. The molecule has 106 valence electrons. The first-order chi connectivity index (χ1) is 8.26. The number of hydrogen-bond acceptors (Lipinski definition) is 1. The molecule has 0 bridgehead atoms. The summed E-state index contributed by atoms with van der Waals surface area (Å²) in [5, 5.41) is 3.18. The molecule has 0 saturated heterocycles. The maximum absolute atomic E-state index is 12.5. The van der Waals surface area contributed by atoms with Crippen molar-refractivity contribution in [2.24, 2.45) is 23.2 Å². The molecule has 3 atom stereocenters. The maximum Gasteiger partial charge on any atom is 0.223 e. The fraction of sp³-hybridized carbons (Fsp3) is 0.938. The van der Waals surface area contributed by atoms with E-state index in [2.05, 4.69) is 46.9 Å². The average Bonchev–Trinajstić information content (AvgIpc) is 2.26. The molecule has 1 aliphatic rings. The molecule has 3 unspecified atom stereocenters. The first kappa shape index (κ1) is 15.5. The lowest BCUT2D eigenvalue weighted by molar-refractivity contribution is -0.131. The van der Waals surface area contributed by atoms with Crippen molar-refractivity contribution in [3.05, 3.63) is 0 Å². The van der Waals surface area contributed by atoms with Crippen molar-refractivity contribution in [3.8, 4) is 0 Å². The molecule has 0 aromatic heterocycles. The van der Waals surface area contributed by atoms with Crippen molar-refractivity contribution in [1.82, 2.24) is 5.32 Å². The van der Waals surface area contributed by atoms with Crippen LogP contribution in [0.5, 0.6) is 0 Å². The minimum atomic E-state index is 0.211. The fourth-order valence-electron chi connectivity index (χ4n) is 3.14. The molecular formula is C16H31NO.